The zero-order chi connectivity index (χ0) is 28.0. The van der Waals surface area contributed by atoms with Crippen LogP contribution in [0.4, 0.5) is 17.1 Å². The Labute approximate surface area is 163 Å². The standard InChI is InChI=1S/C22H22BN/c1-22(2,3)23-18-13-7-9-15-20(18)24(17-11-5-4-6-12-17)21-16-10-8-14-19(21)23/h4-16H,1-3H3/i4D,5D,6D,7D,8D,9D,10D,11D,12D,13D,14D,15D,16D. The molecule has 0 N–H and O–H groups in total. The van der Waals surface area contributed by atoms with Crippen LogP contribution < -0.4 is 15.8 Å². The summed E-state index contributed by atoms with van der Waals surface area (Å²) in [7, 11) is 0. The van der Waals surface area contributed by atoms with Crippen molar-refractivity contribution in [1.82, 2.24) is 0 Å². The molecule has 0 fully saturated rings. The van der Waals surface area contributed by atoms with Gasteiger partial charge in [-0.15, -0.1) is 0 Å². The van der Waals surface area contributed by atoms with Crippen molar-refractivity contribution in [3.8, 4) is 0 Å². The third kappa shape index (κ3) is 2.34. The predicted molar refractivity (Wildman–Crippen MR) is 106 cm³/mol. The highest BCUT2D eigenvalue weighted by atomic mass is 15.1. The van der Waals surface area contributed by atoms with Crippen LogP contribution in [-0.2, 0) is 0 Å². The minimum absolute atomic E-state index is 0.0165. The summed E-state index contributed by atoms with van der Waals surface area (Å²) in [4.78, 5) is 0.989. The van der Waals surface area contributed by atoms with E-state index in [1.54, 1.807) is 20.8 Å². The van der Waals surface area contributed by atoms with Crippen LogP contribution in [0.5, 0.6) is 0 Å². The average Bonchev–Trinajstić information content (AvgIpc) is 2.84. The van der Waals surface area contributed by atoms with Gasteiger partial charge in [-0.3, -0.25) is 0 Å². The lowest BCUT2D eigenvalue weighted by molar-refractivity contribution is 0.749. The summed E-state index contributed by atoms with van der Waals surface area (Å²) >= 11 is 0. The Hall–Kier alpha value is -2.48. The van der Waals surface area contributed by atoms with E-state index >= 15 is 0 Å². The van der Waals surface area contributed by atoms with Crippen LogP contribution in [0.15, 0.2) is 78.6 Å². The van der Waals surface area contributed by atoms with E-state index in [1.807, 2.05) is 0 Å². The molecule has 0 aromatic heterocycles. The summed E-state index contributed by atoms with van der Waals surface area (Å²) in [6.07, 6.45) is 0. The fourth-order valence-electron chi connectivity index (χ4n) is 3.10. The van der Waals surface area contributed by atoms with Gasteiger partial charge in [-0.1, -0.05) is 75.2 Å². The number of hydrogen-bond donors (Lipinski definition) is 0. The quantitative estimate of drug-likeness (QED) is 0.577. The van der Waals surface area contributed by atoms with Crippen molar-refractivity contribution in [3.05, 3.63) is 78.6 Å². The first-order chi connectivity index (χ1) is 17.0. The van der Waals surface area contributed by atoms with Crippen LogP contribution in [-0.4, -0.2) is 6.71 Å². The van der Waals surface area contributed by atoms with Crippen molar-refractivity contribution in [3.63, 3.8) is 0 Å². The lowest BCUT2D eigenvalue weighted by atomic mass is 9.27. The summed E-state index contributed by atoms with van der Waals surface area (Å²) in [5.41, 5.74) is -0.884. The molecule has 4 rings (SSSR count). The third-order valence-corrected chi connectivity index (χ3v) is 3.99. The monoisotopic (exact) mass is 324 g/mol. The largest absolute Gasteiger partial charge is 0.312 e. The highest BCUT2D eigenvalue weighted by Crippen LogP contribution is 2.40. The second-order valence-corrected chi connectivity index (χ2v) is 6.63. The van der Waals surface area contributed by atoms with E-state index in [0.29, 0.717) is 0 Å². The predicted octanol–water partition coefficient (Wildman–Crippen LogP) is 4.88. The molecule has 0 saturated carbocycles. The second-order valence-electron chi connectivity index (χ2n) is 6.63. The Morgan fingerprint density at radius 3 is 1.67 bits per heavy atom. The molecule has 118 valence electrons. The van der Waals surface area contributed by atoms with Gasteiger partial charge in [-0.25, -0.2) is 0 Å². The molecule has 2 heteroatoms. The van der Waals surface area contributed by atoms with Crippen molar-refractivity contribution < 1.29 is 17.8 Å². The van der Waals surface area contributed by atoms with Gasteiger partial charge in [0.15, 0.2) is 0 Å². The Morgan fingerprint density at radius 2 is 1.17 bits per heavy atom. The Bertz CT molecular complexity index is 1410. The molecular weight excluding hydrogens is 289 g/mol. The van der Waals surface area contributed by atoms with E-state index in [4.69, 9.17) is 17.8 Å². The van der Waals surface area contributed by atoms with E-state index in [0.717, 1.165) is 4.90 Å². The lowest BCUT2D eigenvalue weighted by Gasteiger charge is -2.41. The Morgan fingerprint density at radius 1 is 0.708 bits per heavy atom. The molecule has 1 heterocycles. The number of fused-ring (bicyclic) bond motifs is 2. The van der Waals surface area contributed by atoms with Crippen molar-refractivity contribution in [2.24, 2.45) is 0 Å². The first-order valence-corrected chi connectivity index (χ1v) is 7.54. The molecule has 1 aliphatic heterocycles. The molecule has 3 aromatic rings. The minimum Gasteiger partial charge on any atom is -0.312 e. The van der Waals surface area contributed by atoms with E-state index in [1.165, 1.54) is 0 Å². The van der Waals surface area contributed by atoms with Crippen LogP contribution in [0.25, 0.3) is 0 Å². The van der Waals surface area contributed by atoms with Crippen LogP contribution >= 0.6 is 0 Å². The fourth-order valence-corrected chi connectivity index (χ4v) is 3.10. The second kappa shape index (κ2) is 5.56. The topological polar surface area (TPSA) is 3.24 Å². The Balaban J connectivity index is 2.38. The van der Waals surface area contributed by atoms with Gasteiger partial charge in [0.2, 0.25) is 6.71 Å². The Kier molecular flexibility index (Phi) is 1.49. The summed E-state index contributed by atoms with van der Waals surface area (Å²) < 4.78 is 110. The number of para-hydroxylation sites is 3. The van der Waals surface area contributed by atoms with Crippen molar-refractivity contribution in [2.45, 2.75) is 26.1 Å². The van der Waals surface area contributed by atoms with Crippen molar-refractivity contribution in [1.29, 1.82) is 0 Å². The van der Waals surface area contributed by atoms with Gasteiger partial charge in [-0.05, 0) is 40.4 Å². The molecule has 0 saturated heterocycles. The van der Waals surface area contributed by atoms with E-state index in [2.05, 4.69) is 0 Å². The number of anilines is 3. The van der Waals surface area contributed by atoms with Crippen LogP contribution in [0, 0.1) is 0 Å². The molecule has 0 unspecified atom stereocenters. The zero-order valence-electron chi connectivity index (χ0n) is 26.5. The highest BCUT2D eigenvalue weighted by Gasteiger charge is 2.40. The molecule has 1 nitrogen and oxygen atoms in total. The number of nitrogens with zero attached hydrogens (tertiary/aromatic N) is 1. The smallest absolute Gasteiger partial charge is 0.220 e. The maximum absolute atomic E-state index is 8.76. The van der Waals surface area contributed by atoms with Gasteiger partial charge in [0.1, 0.15) is 0 Å². The van der Waals surface area contributed by atoms with Gasteiger partial charge in [0.25, 0.3) is 0 Å². The minimum atomic E-state index is -0.943. The molecule has 0 aliphatic carbocycles. The number of hydrogen-bond acceptors (Lipinski definition) is 1. The molecule has 0 amide bonds. The van der Waals surface area contributed by atoms with Gasteiger partial charge >= 0.3 is 0 Å². The normalized spacial score (nSPS) is 21.0. The first-order valence-electron chi connectivity index (χ1n) is 14.0. The molecular formula is C22H22BN. The van der Waals surface area contributed by atoms with Gasteiger partial charge < -0.3 is 4.90 Å². The van der Waals surface area contributed by atoms with E-state index in [-0.39, 0.29) is 22.3 Å². The number of benzene rings is 3. The number of rotatable bonds is 1. The first kappa shape index (κ1) is 6.44. The lowest BCUT2D eigenvalue weighted by Crippen LogP contribution is -2.54. The fraction of sp³-hybridized carbons (Fsp3) is 0.182. The van der Waals surface area contributed by atoms with Crippen LogP contribution in [0.1, 0.15) is 38.6 Å². The molecule has 3 aromatic carbocycles. The van der Waals surface area contributed by atoms with Gasteiger partial charge in [0.05, 0.1) is 17.8 Å². The van der Waals surface area contributed by atoms with Crippen molar-refractivity contribution in [2.75, 3.05) is 4.90 Å². The van der Waals surface area contributed by atoms with Crippen LogP contribution in [0.2, 0.25) is 5.31 Å². The summed E-state index contributed by atoms with van der Waals surface area (Å²) in [6.45, 7) is 4.37. The van der Waals surface area contributed by atoms with E-state index < -0.39 is 96.3 Å². The molecule has 0 bridgehead atoms. The third-order valence-electron chi connectivity index (χ3n) is 3.99. The molecule has 0 radical (unpaired) electrons. The SMILES string of the molecule is [2H]c1c([2H])c([2H])c(N2c3c([2H])c([2H])c([2H])c([2H])c3B(C(C)(C)C)c3c([2H])c([2H])c([2H])c([2H])c32)c([2H])c1[2H]. The molecule has 0 spiro atoms. The molecule has 1 aliphatic rings. The summed E-state index contributed by atoms with van der Waals surface area (Å²) in [5, 5.41) is -0.814. The summed E-state index contributed by atoms with van der Waals surface area (Å²) in [6, 6.07) is -7.79. The zero-order valence-corrected chi connectivity index (χ0v) is 13.5. The highest BCUT2D eigenvalue weighted by molar-refractivity contribution is 6.90. The molecule has 24 heavy (non-hydrogen) atoms. The van der Waals surface area contributed by atoms with Gasteiger partial charge in [0, 0.05) is 17.1 Å². The summed E-state index contributed by atoms with van der Waals surface area (Å²) in [5.74, 6) is 0. The maximum Gasteiger partial charge on any atom is 0.220 e. The van der Waals surface area contributed by atoms with E-state index in [9.17, 15) is 0 Å². The van der Waals surface area contributed by atoms with Crippen molar-refractivity contribution >= 4 is 34.7 Å². The maximum atomic E-state index is 8.76. The van der Waals surface area contributed by atoms with Gasteiger partial charge in [-0.2, -0.15) is 0 Å². The van der Waals surface area contributed by atoms with Crippen LogP contribution in [0.3, 0.4) is 0 Å². The average molecular weight is 324 g/mol. The molecule has 0 atom stereocenters.